The number of rotatable bonds is 4. The molecule has 0 bridgehead atoms. The van der Waals surface area contributed by atoms with Gasteiger partial charge in [0, 0.05) is 6.42 Å². The molecule has 1 N–H and O–H groups in total. The monoisotopic (exact) mass is 169 g/mol. The van der Waals surface area contributed by atoms with Gasteiger partial charge in [-0.1, -0.05) is 12.8 Å². The fourth-order valence-corrected chi connectivity index (χ4v) is 0.729. The zero-order valence-corrected chi connectivity index (χ0v) is 6.91. The Morgan fingerprint density at radius 3 is 2.50 bits per heavy atom. The molecule has 0 aromatic carbocycles. The summed E-state index contributed by atoms with van der Waals surface area (Å²) in [6, 6.07) is 0. The van der Waals surface area contributed by atoms with Gasteiger partial charge < -0.3 is 10.0 Å². The number of carboxylic acids is 1. The molecule has 0 aliphatic carbocycles. The van der Waals surface area contributed by atoms with Crippen molar-refractivity contribution < 1.29 is 14.7 Å². The van der Waals surface area contributed by atoms with Crippen LogP contribution in [0.2, 0.25) is 0 Å². The van der Waals surface area contributed by atoms with Crippen LogP contribution in [0.3, 0.4) is 0 Å². The molecule has 0 saturated carbocycles. The van der Waals surface area contributed by atoms with Gasteiger partial charge in [-0.25, -0.2) is 0 Å². The zero-order valence-electron chi connectivity index (χ0n) is 6.91. The van der Waals surface area contributed by atoms with Gasteiger partial charge in [0.25, 0.3) is 0 Å². The molecule has 0 aliphatic heterocycles. The molecule has 0 fully saturated rings. The van der Waals surface area contributed by atoms with Gasteiger partial charge in [-0.05, 0) is 0 Å². The Morgan fingerprint density at radius 2 is 2.17 bits per heavy atom. The minimum Gasteiger partial charge on any atom is -0.480 e. The molecule has 0 saturated heterocycles. The lowest BCUT2D eigenvalue weighted by Gasteiger charge is -2.16. The van der Waals surface area contributed by atoms with Crippen molar-refractivity contribution in [3.8, 4) is 12.3 Å². The molecule has 0 atom stereocenters. The number of aliphatic carboxylic acids is 1. The molecule has 0 heterocycles. The minimum atomic E-state index is -1.05. The third-order valence-corrected chi connectivity index (χ3v) is 1.26. The topological polar surface area (TPSA) is 57.6 Å². The smallest absolute Gasteiger partial charge is 0.323 e. The number of carboxylic acid groups (broad SMARTS) is 1. The zero-order chi connectivity index (χ0) is 9.56. The highest BCUT2D eigenvalue weighted by molar-refractivity contribution is 5.81. The Kier molecular flexibility index (Phi) is 4.54. The summed E-state index contributed by atoms with van der Waals surface area (Å²) in [6.07, 6.45) is 5.23. The van der Waals surface area contributed by atoms with Gasteiger partial charge in [0.1, 0.15) is 6.54 Å². The molecule has 0 aliphatic rings. The fourth-order valence-electron chi connectivity index (χ4n) is 0.729. The van der Waals surface area contributed by atoms with Crippen molar-refractivity contribution in [1.82, 2.24) is 4.90 Å². The predicted octanol–water partition coefficient (Wildman–Crippen LogP) is -0.0572. The second kappa shape index (κ2) is 5.19. The van der Waals surface area contributed by atoms with Gasteiger partial charge in [-0.3, -0.25) is 9.59 Å². The molecule has 4 nitrogen and oxygen atoms in total. The average Bonchev–Trinajstić information content (AvgIpc) is 2.01. The molecule has 66 valence electrons. The van der Waals surface area contributed by atoms with E-state index >= 15 is 0 Å². The van der Waals surface area contributed by atoms with Crippen LogP contribution in [-0.4, -0.2) is 35.0 Å². The van der Waals surface area contributed by atoms with Crippen LogP contribution in [0.25, 0.3) is 0 Å². The van der Waals surface area contributed by atoms with Crippen molar-refractivity contribution in [1.29, 1.82) is 0 Å². The highest BCUT2D eigenvalue weighted by Crippen LogP contribution is 1.92. The second-order valence-corrected chi connectivity index (χ2v) is 2.20. The van der Waals surface area contributed by atoms with Crippen molar-refractivity contribution in [2.24, 2.45) is 0 Å². The Hall–Kier alpha value is -1.50. The van der Waals surface area contributed by atoms with Crippen LogP contribution in [0.15, 0.2) is 0 Å². The highest BCUT2D eigenvalue weighted by atomic mass is 16.4. The summed E-state index contributed by atoms with van der Waals surface area (Å²) < 4.78 is 0. The van der Waals surface area contributed by atoms with E-state index in [0.717, 1.165) is 4.90 Å². The number of amides is 1. The summed E-state index contributed by atoms with van der Waals surface area (Å²) in [7, 11) is 0. The summed E-state index contributed by atoms with van der Waals surface area (Å²) in [5, 5.41) is 8.39. The number of hydrogen-bond acceptors (Lipinski definition) is 2. The first-order valence-corrected chi connectivity index (χ1v) is 3.54. The van der Waals surface area contributed by atoms with Crippen LogP contribution in [0.1, 0.15) is 13.3 Å². The van der Waals surface area contributed by atoms with Crippen molar-refractivity contribution in [3.05, 3.63) is 0 Å². The lowest BCUT2D eigenvalue weighted by molar-refractivity contribution is -0.143. The van der Waals surface area contributed by atoms with E-state index in [1.165, 1.54) is 0 Å². The maximum atomic E-state index is 11.0. The van der Waals surface area contributed by atoms with E-state index in [-0.39, 0.29) is 25.4 Å². The van der Waals surface area contributed by atoms with Gasteiger partial charge in [0.15, 0.2) is 0 Å². The minimum absolute atomic E-state index is 0.0545. The van der Waals surface area contributed by atoms with Crippen LogP contribution in [0.4, 0.5) is 0 Å². The van der Waals surface area contributed by atoms with Crippen molar-refractivity contribution >= 4 is 11.9 Å². The lowest BCUT2D eigenvalue weighted by Crippen LogP contribution is -2.35. The number of carbonyl (C=O) groups is 2. The maximum Gasteiger partial charge on any atom is 0.323 e. The molecule has 0 aromatic rings. The van der Waals surface area contributed by atoms with Crippen LogP contribution in [0.5, 0.6) is 0 Å². The highest BCUT2D eigenvalue weighted by Gasteiger charge is 2.12. The number of terminal acetylenes is 1. The summed E-state index contributed by atoms with van der Waals surface area (Å²) in [5.41, 5.74) is 0. The number of hydrogen-bond donors (Lipinski definition) is 1. The number of carbonyl (C=O) groups excluding carboxylic acids is 1. The molecule has 0 rings (SSSR count). The summed E-state index contributed by atoms with van der Waals surface area (Å²) in [4.78, 5) is 22.4. The Morgan fingerprint density at radius 1 is 1.58 bits per heavy atom. The molecular formula is C8H11NO3. The molecule has 0 radical (unpaired) electrons. The van der Waals surface area contributed by atoms with Gasteiger partial charge in [-0.15, -0.1) is 6.42 Å². The first kappa shape index (κ1) is 10.5. The molecule has 0 unspecified atom stereocenters. The largest absolute Gasteiger partial charge is 0.480 e. The van der Waals surface area contributed by atoms with Crippen LogP contribution in [-0.2, 0) is 9.59 Å². The van der Waals surface area contributed by atoms with Gasteiger partial charge in [-0.2, -0.15) is 0 Å². The second-order valence-electron chi connectivity index (χ2n) is 2.20. The Labute approximate surface area is 71.2 Å². The van der Waals surface area contributed by atoms with E-state index in [4.69, 9.17) is 11.5 Å². The maximum absolute atomic E-state index is 11.0. The fraction of sp³-hybridized carbons (Fsp3) is 0.500. The molecule has 4 heteroatoms. The Bertz CT molecular complexity index is 217. The predicted molar refractivity (Wildman–Crippen MR) is 43.3 cm³/mol. The van der Waals surface area contributed by atoms with Crippen LogP contribution < -0.4 is 0 Å². The van der Waals surface area contributed by atoms with E-state index in [0.29, 0.717) is 0 Å². The van der Waals surface area contributed by atoms with E-state index in [2.05, 4.69) is 5.92 Å². The average molecular weight is 169 g/mol. The Balaban J connectivity index is 4.14. The third-order valence-electron chi connectivity index (χ3n) is 1.26. The molecule has 12 heavy (non-hydrogen) atoms. The first-order valence-electron chi connectivity index (χ1n) is 3.54. The molecule has 1 amide bonds. The van der Waals surface area contributed by atoms with Gasteiger partial charge >= 0.3 is 5.97 Å². The molecule has 0 aromatic heterocycles. The third kappa shape index (κ3) is 3.62. The summed E-state index contributed by atoms with van der Waals surface area (Å²) >= 11 is 0. The summed E-state index contributed by atoms with van der Waals surface area (Å²) in [6.45, 7) is 1.39. The van der Waals surface area contributed by atoms with Crippen molar-refractivity contribution in [2.75, 3.05) is 13.1 Å². The van der Waals surface area contributed by atoms with Crippen molar-refractivity contribution in [3.63, 3.8) is 0 Å². The summed E-state index contributed by atoms with van der Waals surface area (Å²) in [5.74, 6) is 0.941. The van der Waals surface area contributed by atoms with E-state index in [1.807, 2.05) is 0 Å². The van der Waals surface area contributed by atoms with Gasteiger partial charge in [0.2, 0.25) is 5.91 Å². The van der Waals surface area contributed by atoms with Crippen molar-refractivity contribution in [2.45, 2.75) is 13.3 Å². The van der Waals surface area contributed by atoms with E-state index < -0.39 is 5.97 Å². The molecule has 0 spiro atoms. The SMILES string of the molecule is C#CCN(CC(=O)O)C(=O)CC. The first-order chi connectivity index (χ1) is 5.61. The quantitative estimate of drug-likeness (QED) is 0.600. The van der Waals surface area contributed by atoms with Gasteiger partial charge in [0.05, 0.1) is 6.54 Å². The molecular weight excluding hydrogens is 158 g/mol. The van der Waals surface area contributed by atoms with Crippen LogP contribution >= 0.6 is 0 Å². The number of nitrogens with zero attached hydrogens (tertiary/aromatic N) is 1. The van der Waals surface area contributed by atoms with E-state index in [9.17, 15) is 9.59 Å². The lowest BCUT2D eigenvalue weighted by atomic mass is 10.3. The van der Waals surface area contributed by atoms with Crippen LogP contribution in [0, 0.1) is 12.3 Å². The van der Waals surface area contributed by atoms with E-state index in [1.54, 1.807) is 6.92 Å². The normalized spacial score (nSPS) is 8.67. The standard InChI is InChI=1S/C8H11NO3/c1-3-5-9(6-8(11)12)7(10)4-2/h1H,4-6H2,2H3,(H,11,12).